The molecule has 0 bridgehead atoms. The molecule has 3 aromatic carbocycles. The Labute approximate surface area is 210 Å². The van der Waals surface area contributed by atoms with Gasteiger partial charge >= 0.3 is 0 Å². The summed E-state index contributed by atoms with van der Waals surface area (Å²) in [7, 11) is 0. The molecule has 5 aromatic rings. The van der Waals surface area contributed by atoms with E-state index in [2.05, 4.69) is 39.6 Å². The highest BCUT2D eigenvalue weighted by Gasteiger charge is 2.11. The van der Waals surface area contributed by atoms with Crippen LogP contribution in [0.25, 0.3) is 22.6 Å². The first-order valence-corrected chi connectivity index (χ1v) is 11.8. The summed E-state index contributed by atoms with van der Waals surface area (Å²) in [5.74, 6) is 0.996. The van der Waals surface area contributed by atoms with E-state index in [0.717, 1.165) is 45.5 Å². The monoisotopic (exact) mass is 474 g/mol. The average molecular weight is 475 g/mol. The Morgan fingerprint density at radius 2 is 1.58 bits per heavy atom. The molecule has 0 atom stereocenters. The predicted octanol–water partition coefficient (Wildman–Crippen LogP) is 6.19. The normalized spacial score (nSPS) is 10.8. The van der Waals surface area contributed by atoms with Crippen LogP contribution in [0.4, 0.5) is 5.69 Å². The van der Waals surface area contributed by atoms with Gasteiger partial charge in [0.1, 0.15) is 0 Å². The average Bonchev–Trinajstić information content (AvgIpc) is 3.33. The Hall–Kier alpha value is -4.58. The molecule has 1 amide bonds. The molecule has 2 aromatic heterocycles. The number of nitrogens with zero attached hydrogens (tertiary/aromatic N) is 3. The zero-order valence-electron chi connectivity index (χ0n) is 20.2. The fraction of sp³-hybridized carbons (Fsp3) is 0.133. The van der Waals surface area contributed by atoms with Gasteiger partial charge in [0, 0.05) is 30.6 Å². The second-order valence-electron chi connectivity index (χ2n) is 8.81. The molecule has 0 saturated carbocycles. The quantitative estimate of drug-likeness (QED) is 0.304. The van der Waals surface area contributed by atoms with Gasteiger partial charge in [-0.1, -0.05) is 48.5 Å². The molecule has 2 heterocycles. The Morgan fingerprint density at radius 1 is 0.833 bits per heavy atom. The van der Waals surface area contributed by atoms with Gasteiger partial charge in [-0.3, -0.25) is 9.78 Å². The van der Waals surface area contributed by atoms with Crippen LogP contribution < -0.4 is 5.32 Å². The van der Waals surface area contributed by atoms with E-state index in [0.29, 0.717) is 18.2 Å². The molecule has 0 radical (unpaired) electrons. The lowest BCUT2D eigenvalue weighted by Crippen LogP contribution is -2.14. The molecule has 0 fully saturated rings. The molecule has 6 nitrogen and oxygen atoms in total. The number of pyridine rings is 1. The Kier molecular flexibility index (Phi) is 6.67. The Morgan fingerprint density at radius 3 is 2.28 bits per heavy atom. The van der Waals surface area contributed by atoms with Crippen LogP contribution in [-0.2, 0) is 17.6 Å². The van der Waals surface area contributed by atoms with Crippen LogP contribution in [0, 0.1) is 13.8 Å². The number of benzene rings is 3. The van der Waals surface area contributed by atoms with Crippen molar-refractivity contribution in [2.45, 2.75) is 26.7 Å². The van der Waals surface area contributed by atoms with Gasteiger partial charge in [0.05, 0.1) is 6.42 Å². The maximum absolute atomic E-state index is 12.6. The number of aromatic nitrogens is 3. The Bertz CT molecular complexity index is 1470. The summed E-state index contributed by atoms with van der Waals surface area (Å²) in [5.41, 5.74) is 8.25. The standard InChI is InChI=1S/C30H26N4O2/c1-20-5-10-26(30-34-33-21(2)36-30)18-28(20)25-11-6-23(7-12-25)17-29(35)32-27-13-8-22(9-14-27)16-24-4-3-15-31-19-24/h3-15,18-19H,16-17H2,1-2H3,(H,32,35). The van der Waals surface area contributed by atoms with E-state index < -0.39 is 0 Å². The van der Waals surface area contributed by atoms with Crippen LogP contribution in [0.15, 0.2) is 95.7 Å². The van der Waals surface area contributed by atoms with Crippen molar-refractivity contribution in [1.29, 1.82) is 0 Å². The van der Waals surface area contributed by atoms with Gasteiger partial charge in [-0.15, -0.1) is 10.2 Å². The van der Waals surface area contributed by atoms with Crippen molar-refractivity contribution >= 4 is 11.6 Å². The zero-order chi connectivity index (χ0) is 24.9. The third-order valence-corrected chi connectivity index (χ3v) is 6.01. The largest absolute Gasteiger partial charge is 0.421 e. The number of hydrogen-bond donors (Lipinski definition) is 1. The molecule has 178 valence electrons. The number of aryl methyl sites for hydroxylation is 2. The lowest BCUT2D eigenvalue weighted by atomic mass is 9.96. The topological polar surface area (TPSA) is 80.9 Å². The molecule has 5 rings (SSSR count). The van der Waals surface area contributed by atoms with Gasteiger partial charge in [0.2, 0.25) is 17.7 Å². The molecule has 0 aliphatic rings. The predicted molar refractivity (Wildman–Crippen MR) is 140 cm³/mol. The first kappa shape index (κ1) is 23.2. The van der Waals surface area contributed by atoms with Crippen molar-refractivity contribution < 1.29 is 9.21 Å². The summed E-state index contributed by atoms with van der Waals surface area (Å²) in [6, 6.07) is 26.1. The van der Waals surface area contributed by atoms with Gasteiger partial charge in [-0.05, 0) is 77.1 Å². The highest BCUT2D eigenvalue weighted by molar-refractivity contribution is 5.92. The molecule has 0 unspecified atom stereocenters. The fourth-order valence-corrected chi connectivity index (χ4v) is 4.12. The van der Waals surface area contributed by atoms with E-state index in [9.17, 15) is 4.79 Å². The highest BCUT2D eigenvalue weighted by Crippen LogP contribution is 2.29. The maximum atomic E-state index is 12.6. The van der Waals surface area contributed by atoms with E-state index in [4.69, 9.17) is 4.42 Å². The maximum Gasteiger partial charge on any atom is 0.247 e. The molecule has 0 aliphatic carbocycles. The molecule has 0 spiro atoms. The minimum absolute atomic E-state index is 0.0484. The van der Waals surface area contributed by atoms with Gasteiger partial charge in [0.15, 0.2) is 0 Å². The second-order valence-corrected chi connectivity index (χ2v) is 8.81. The number of rotatable bonds is 7. The number of carbonyl (C=O) groups is 1. The molecule has 0 saturated heterocycles. The van der Waals surface area contributed by atoms with E-state index in [-0.39, 0.29) is 5.91 Å². The summed E-state index contributed by atoms with van der Waals surface area (Å²) in [4.78, 5) is 16.8. The number of carbonyl (C=O) groups excluding carboxylic acids is 1. The lowest BCUT2D eigenvalue weighted by molar-refractivity contribution is -0.115. The van der Waals surface area contributed by atoms with Gasteiger partial charge < -0.3 is 9.73 Å². The van der Waals surface area contributed by atoms with E-state index in [1.807, 2.05) is 72.9 Å². The van der Waals surface area contributed by atoms with Crippen LogP contribution in [0.1, 0.15) is 28.1 Å². The third-order valence-electron chi connectivity index (χ3n) is 6.01. The summed E-state index contributed by atoms with van der Waals surface area (Å²) in [6.07, 6.45) is 4.75. The molecular weight excluding hydrogens is 448 g/mol. The second kappa shape index (κ2) is 10.4. The number of amides is 1. The number of anilines is 1. The van der Waals surface area contributed by atoms with Crippen LogP contribution in [0.2, 0.25) is 0 Å². The van der Waals surface area contributed by atoms with Crippen LogP contribution in [0.5, 0.6) is 0 Å². The Balaban J connectivity index is 1.22. The van der Waals surface area contributed by atoms with Crippen molar-refractivity contribution in [3.63, 3.8) is 0 Å². The first-order chi connectivity index (χ1) is 17.5. The van der Waals surface area contributed by atoms with Crippen LogP contribution in [-0.4, -0.2) is 21.1 Å². The van der Waals surface area contributed by atoms with E-state index >= 15 is 0 Å². The van der Waals surface area contributed by atoms with Crippen molar-refractivity contribution in [3.05, 3.63) is 119 Å². The van der Waals surface area contributed by atoms with Crippen molar-refractivity contribution in [3.8, 4) is 22.6 Å². The lowest BCUT2D eigenvalue weighted by Gasteiger charge is -2.10. The molecule has 1 N–H and O–H groups in total. The summed E-state index contributed by atoms with van der Waals surface area (Å²) in [6.45, 7) is 3.85. The molecule has 36 heavy (non-hydrogen) atoms. The zero-order valence-corrected chi connectivity index (χ0v) is 20.2. The fourth-order valence-electron chi connectivity index (χ4n) is 4.12. The van der Waals surface area contributed by atoms with E-state index in [1.165, 1.54) is 5.56 Å². The van der Waals surface area contributed by atoms with Crippen LogP contribution in [0.3, 0.4) is 0 Å². The van der Waals surface area contributed by atoms with Crippen molar-refractivity contribution in [1.82, 2.24) is 15.2 Å². The SMILES string of the molecule is Cc1nnc(-c2ccc(C)c(-c3ccc(CC(=O)Nc4ccc(Cc5cccnc5)cc4)cc3)c2)o1. The third kappa shape index (κ3) is 5.55. The van der Waals surface area contributed by atoms with Crippen molar-refractivity contribution in [2.75, 3.05) is 5.32 Å². The molecule has 6 heteroatoms. The number of nitrogens with one attached hydrogen (secondary N) is 1. The molecular formula is C30H26N4O2. The first-order valence-electron chi connectivity index (χ1n) is 11.8. The van der Waals surface area contributed by atoms with Crippen LogP contribution >= 0.6 is 0 Å². The summed E-state index contributed by atoms with van der Waals surface area (Å²) in [5, 5.41) is 11.0. The highest BCUT2D eigenvalue weighted by atomic mass is 16.4. The van der Waals surface area contributed by atoms with Gasteiger partial charge in [0.25, 0.3) is 0 Å². The minimum atomic E-state index is -0.0484. The molecule has 0 aliphatic heterocycles. The minimum Gasteiger partial charge on any atom is -0.421 e. The summed E-state index contributed by atoms with van der Waals surface area (Å²) < 4.78 is 5.58. The van der Waals surface area contributed by atoms with E-state index in [1.54, 1.807) is 13.1 Å². The summed E-state index contributed by atoms with van der Waals surface area (Å²) >= 11 is 0. The number of hydrogen-bond acceptors (Lipinski definition) is 5. The van der Waals surface area contributed by atoms with Gasteiger partial charge in [-0.2, -0.15) is 0 Å². The smallest absolute Gasteiger partial charge is 0.247 e. The van der Waals surface area contributed by atoms with Crippen molar-refractivity contribution in [2.24, 2.45) is 0 Å². The van der Waals surface area contributed by atoms with Gasteiger partial charge in [-0.25, -0.2) is 0 Å².